The molecule has 26 heavy (non-hydrogen) atoms. The highest BCUT2D eigenvalue weighted by Crippen LogP contribution is 2.48. The molecule has 0 radical (unpaired) electrons. The molecule has 0 amide bonds. The maximum atomic E-state index is 9.28. The SMILES string of the molecule is OCCC1(CNc2nc(N3C4CCCC3COC4)c3sccc3n2)CC1. The summed E-state index contributed by atoms with van der Waals surface area (Å²) in [4.78, 5) is 12.2. The zero-order valence-corrected chi connectivity index (χ0v) is 15.8. The predicted molar refractivity (Wildman–Crippen MR) is 104 cm³/mol. The molecule has 3 aliphatic rings. The fourth-order valence-electron chi connectivity index (χ4n) is 4.48. The monoisotopic (exact) mass is 374 g/mol. The number of aliphatic hydroxyl groups is 1. The van der Waals surface area contributed by atoms with Crippen LogP contribution in [0.4, 0.5) is 11.8 Å². The van der Waals surface area contributed by atoms with E-state index in [1.165, 1.54) is 36.8 Å². The standard InChI is InChI=1S/C19H26N4O2S/c24-8-7-19(5-6-19)12-20-18-21-15-4-9-26-16(15)17(22-18)23-13-2-1-3-14(23)11-25-10-13/h4,9,13-14,24H,1-3,5-8,10-12H2,(H,20,21,22). The van der Waals surface area contributed by atoms with Gasteiger partial charge in [0.05, 0.1) is 35.5 Å². The molecule has 5 rings (SSSR count). The van der Waals surface area contributed by atoms with Gasteiger partial charge in [0.2, 0.25) is 5.95 Å². The van der Waals surface area contributed by atoms with Crippen molar-refractivity contribution in [1.29, 1.82) is 0 Å². The fraction of sp³-hybridized carbons (Fsp3) is 0.684. The zero-order chi connectivity index (χ0) is 17.6. The largest absolute Gasteiger partial charge is 0.396 e. The number of anilines is 2. The third kappa shape index (κ3) is 2.96. The molecule has 2 saturated heterocycles. The lowest BCUT2D eigenvalue weighted by Gasteiger charge is -2.46. The van der Waals surface area contributed by atoms with Crippen LogP contribution in [-0.4, -0.2) is 53.5 Å². The summed E-state index contributed by atoms with van der Waals surface area (Å²) in [6.07, 6.45) is 6.86. The summed E-state index contributed by atoms with van der Waals surface area (Å²) in [6.45, 7) is 2.71. The summed E-state index contributed by atoms with van der Waals surface area (Å²) in [7, 11) is 0. The summed E-state index contributed by atoms with van der Waals surface area (Å²) < 4.78 is 7.00. The second kappa shape index (κ2) is 6.62. The number of aliphatic hydroxyl groups excluding tert-OH is 1. The van der Waals surface area contributed by atoms with Crippen LogP contribution in [-0.2, 0) is 4.74 Å². The molecule has 4 heterocycles. The van der Waals surface area contributed by atoms with Gasteiger partial charge in [-0.25, -0.2) is 4.98 Å². The molecule has 0 spiro atoms. The minimum Gasteiger partial charge on any atom is -0.396 e. The summed E-state index contributed by atoms with van der Waals surface area (Å²) in [5.41, 5.74) is 1.27. The summed E-state index contributed by atoms with van der Waals surface area (Å²) >= 11 is 1.73. The number of hydrogen-bond donors (Lipinski definition) is 2. The van der Waals surface area contributed by atoms with Crippen molar-refractivity contribution in [1.82, 2.24) is 9.97 Å². The van der Waals surface area contributed by atoms with E-state index in [4.69, 9.17) is 14.7 Å². The Morgan fingerprint density at radius 1 is 1.27 bits per heavy atom. The minimum absolute atomic E-state index is 0.247. The Balaban J connectivity index is 1.46. The van der Waals surface area contributed by atoms with E-state index in [2.05, 4.69) is 21.7 Å². The zero-order valence-electron chi connectivity index (χ0n) is 15.0. The van der Waals surface area contributed by atoms with Crippen molar-refractivity contribution in [3.63, 3.8) is 0 Å². The van der Waals surface area contributed by atoms with Crippen LogP contribution < -0.4 is 10.2 Å². The first kappa shape index (κ1) is 16.7. The van der Waals surface area contributed by atoms with Gasteiger partial charge in [-0.1, -0.05) is 0 Å². The maximum absolute atomic E-state index is 9.28. The van der Waals surface area contributed by atoms with E-state index in [1.54, 1.807) is 11.3 Å². The topological polar surface area (TPSA) is 70.5 Å². The molecule has 2 atom stereocenters. The predicted octanol–water partition coefficient (Wildman–Crippen LogP) is 3.02. The second-order valence-corrected chi connectivity index (χ2v) is 8.93. The lowest BCUT2D eigenvalue weighted by Crippen LogP contribution is -2.55. The van der Waals surface area contributed by atoms with Gasteiger partial charge in [-0.2, -0.15) is 4.98 Å². The molecule has 1 aliphatic carbocycles. The van der Waals surface area contributed by atoms with Crippen molar-refractivity contribution in [2.75, 3.05) is 36.6 Å². The van der Waals surface area contributed by atoms with E-state index in [9.17, 15) is 5.11 Å². The molecule has 7 heteroatoms. The molecule has 2 N–H and O–H groups in total. The molecule has 2 aromatic heterocycles. The van der Waals surface area contributed by atoms with Crippen LogP contribution in [0.1, 0.15) is 38.5 Å². The number of ether oxygens (including phenoxy) is 1. The average Bonchev–Trinajstić information content (AvgIpc) is 3.24. The van der Waals surface area contributed by atoms with E-state index in [0.29, 0.717) is 12.1 Å². The van der Waals surface area contributed by atoms with Crippen LogP contribution in [0, 0.1) is 5.41 Å². The smallest absolute Gasteiger partial charge is 0.225 e. The van der Waals surface area contributed by atoms with E-state index >= 15 is 0 Å². The van der Waals surface area contributed by atoms with Gasteiger partial charge in [-0.3, -0.25) is 0 Å². The molecule has 6 nitrogen and oxygen atoms in total. The lowest BCUT2D eigenvalue weighted by atomic mass is 9.94. The fourth-order valence-corrected chi connectivity index (χ4v) is 5.30. The molecule has 0 aromatic carbocycles. The highest BCUT2D eigenvalue weighted by atomic mass is 32.1. The normalized spacial score (nSPS) is 26.9. The molecular formula is C19H26N4O2S. The van der Waals surface area contributed by atoms with Gasteiger partial charge >= 0.3 is 0 Å². The molecule has 3 fully saturated rings. The lowest BCUT2D eigenvalue weighted by molar-refractivity contribution is 0.0460. The molecule has 2 unspecified atom stereocenters. The number of rotatable bonds is 6. The number of nitrogens with zero attached hydrogens (tertiary/aromatic N) is 3. The maximum Gasteiger partial charge on any atom is 0.225 e. The van der Waals surface area contributed by atoms with Crippen molar-refractivity contribution in [2.24, 2.45) is 5.41 Å². The molecule has 1 saturated carbocycles. The third-order valence-electron chi connectivity index (χ3n) is 6.23. The van der Waals surface area contributed by atoms with Gasteiger partial charge in [0.25, 0.3) is 0 Å². The Labute approximate surface area is 157 Å². The van der Waals surface area contributed by atoms with Crippen molar-refractivity contribution in [3.05, 3.63) is 11.4 Å². The molecule has 2 aromatic rings. The third-order valence-corrected chi connectivity index (χ3v) is 7.13. The number of morpholine rings is 1. The summed E-state index contributed by atoms with van der Waals surface area (Å²) in [5.74, 6) is 1.80. The van der Waals surface area contributed by atoms with Crippen LogP contribution >= 0.6 is 11.3 Å². The molecule has 140 valence electrons. The highest BCUT2D eigenvalue weighted by Gasteiger charge is 2.42. The number of fused-ring (bicyclic) bond motifs is 3. The van der Waals surface area contributed by atoms with Gasteiger partial charge < -0.3 is 20.1 Å². The van der Waals surface area contributed by atoms with Crippen molar-refractivity contribution < 1.29 is 9.84 Å². The summed E-state index contributed by atoms with van der Waals surface area (Å²) in [5, 5.41) is 14.9. The van der Waals surface area contributed by atoms with Crippen LogP contribution in [0.2, 0.25) is 0 Å². The van der Waals surface area contributed by atoms with Gasteiger partial charge in [-0.15, -0.1) is 11.3 Å². The van der Waals surface area contributed by atoms with E-state index in [0.717, 1.165) is 43.5 Å². The van der Waals surface area contributed by atoms with Crippen LogP contribution in [0.15, 0.2) is 11.4 Å². The summed E-state index contributed by atoms with van der Waals surface area (Å²) in [6, 6.07) is 2.95. The number of hydrogen-bond acceptors (Lipinski definition) is 7. The van der Waals surface area contributed by atoms with Gasteiger partial charge in [0.15, 0.2) is 5.82 Å². The van der Waals surface area contributed by atoms with Gasteiger partial charge in [0.1, 0.15) is 0 Å². The minimum atomic E-state index is 0.247. The highest BCUT2D eigenvalue weighted by molar-refractivity contribution is 7.17. The first-order valence-electron chi connectivity index (χ1n) is 9.74. The van der Waals surface area contributed by atoms with Crippen molar-refractivity contribution >= 4 is 33.3 Å². The second-order valence-electron chi connectivity index (χ2n) is 8.02. The Morgan fingerprint density at radius 3 is 2.81 bits per heavy atom. The number of thiophene rings is 1. The average molecular weight is 375 g/mol. The van der Waals surface area contributed by atoms with E-state index in [1.807, 2.05) is 0 Å². The van der Waals surface area contributed by atoms with Crippen molar-refractivity contribution in [2.45, 2.75) is 50.6 Å². The number of aromatic nitrogens is 2. The van der Waals surface area contributed by atoms with Crippen LogP contribution in [0.5, 0.6) is 0 Å². The van der Waals surface area contributed by atoms with Gasteiger partial charge in [-0.05, 0) is 55.4 Å². The Kier molecular flexibility index (Phi) is 4.26. The quantitative estimate of drug-likeness (QED) is 0.810. The van der Waals surface area contributed by atoms with E-state index in [-0.39, 0.29) is 12.0 Å². The number of piperidine rings is 1. The van der Waals surface area contributed by atoms with E-state index < -0.39 is 0 Å². The Morgan fingerprint density at radius 2 is 2.08 bits per heavy atom. The molecular weight excluding hydrogens is 348 g/mol. The van der Waals surface area contributed by atoms with Crippen LogP contribution in [0.25, 0.3) is 10.2 Å². The van der Waals surface area contributed by atoms with Crippen molar-refractivity contribution in [3.8, 4) is 0 Å². The number of nitrogens with one attached hydrogen (secondary N) is 1. The first-order chi connectivity index (χ1) is 12.8. The van der Waals surface area contributed by atoms with Crippen LogP contribution in [0.3, 0.4) is 0 Å². The first-order valence-corrected chi connectivity index (χ1v) is 10.6. The molecule has 2 aliphatic heterocycles. The Bertz CT molecular complexity index is 769. The van der Waals surface area contributed by atoms with Gasteiger partial charge in [0, 0.05) is 13.2 Å². The Hall–Kier alpha value is -1.44. The molecule has 2 bridgehead atoms.